The molecule has 0 aliphatic heterocycles. The molecule has 0 unspecified atom stereocenters. The Labute approximate surface area is 137 Å². The fourth-order valence-electron chi connectivity index (χ4n) is 1.73. The number of nitrogens with one attached hydrogen (secondary N) is 1. The number of rotatable bonds is 7. The lowest BCUT2D eigenvalue weighted by Gasteiger charge is -2.08. The topological polar surface area (TPSA) is 60.5 Å². The molecule has 1 aromatic carbocycles. The second kappa shape index (κ2) is 8.38. The van der Waals surface area contributed by atoms with Gasteiger partial charge in [0.1, 0.15) is 18.1 Å². The number of methoxy groups -OCH3 is 1. The van der Waals surface area contributed by atoms with Crippen molar-refractivity contribution in [2.75, 3.05) is 12.4 Å². The first-order valence-electron chi connectivity index (χ1n) is 6.74. The minimum Gasteiger partial charge on any atom is -0.497 e. The van der Waals surface area contributed by atoms with Crippen LogP contribution in [0.25, 0.3) is 0 Å². The van der Waals surface area contributed by atoms with Crippen LogP contribution in [0, 0.1) is 0 Å². The summed E-state index contributed by atoms with van der Waals surface area (Å²) >= 11 is 3.09. The SMILES string of the molecule is COc1ccc(COc2ccc(CNC(=O)CBr)nc2)cc1. The number of halogens is 1. The van der Waals surface area contributed by atoms with E-state index in [2.05, 4.69) is 26.2 Å². The minimum absolute atomic E-state index is 0.0679. The van der Waals surface area contributed by atoms with Crippen molar-refractivity contribution in [3.05, 3.63) is 53.9 Å². The molecule has 0 aliphatic carbocycles. The van der Waals surface area contributed by atoms with Gasteiger partial charge in [0.25, 0.3) is 0 Å². The summed E-state index contributed by atoms with van der Waals surface area (Å²) in [6, 6.07) is 11.4. The lowest BCUT2D eigenvalue weighted by atomic mass is 10.2. The van der Waals surface area contributed by atoms with Gasteiger partial charge in [0.15, 0.2) is 0 Å². The number of nitrogens with zero attached hydrogens (tertiary/aromatic N) is 1. The molecule has 0 aliphatic rings. The number of aromatic nitrogens is 1. The van der Waals surface area contributed by atoms with Crippen LogP contribution in [0.1, 0.15) is 11.3 Å². The Hall–Kier alpha value is -2.08. The Morgan fingerprint density at radius 1 is 1.18 bits per heavy atom. The highest BCUT2D eigenvalue weighted by molar-refractivity contribution is 9.09. The molecule has 0 saturated carbocycles. The van der Waals surface area contributed by atoms with Crippen molar-refractivity contribution in [2.24, 2.45) is 0 Å². The number of carbonyl (C=O) groups is 1. The number of carbonyl (C=O) groups excluding carboxylic acids is 1. The summed E-state index contributed by atoms with van der Waals surface area (Å²) in [5.74, 6) is 1.44. The van der Waals surface area contributed by atoms with E-state index in [4.69, 9.17) is 9.47 Å². The average molecular weight is 365 g/mol. The van der Waals surface area contributed by atoms with Gasteiger partial charge in [0, 0.05) is 0 Å². The van der Waals surface area contributed by atoms with E-state index in [9.17, 15) is 4.79 Å². The summed E-state index contributed by atoms with van der Waals surface area (Å²) in [5, 5.41) is 3.02. The van der Waals surface area contributed by atoms with Gasteiger partial charge >= 0.3 is 0 Å². The molecule has 1 amide bonds. The van der Waals surface area contributed by atoms with Crippen LogP contribution in [0.2, 0.25) is 0 Å². The molecule has 0 fully saturated rings. The van der Waals surface area contributed by atoms with E-state index in [1.807, 2.05) is 36.4 Å². The Kier molecular flexibility index (Phi) is 6.21. The Morgan fingerprint density at radius 2 is 1.91 bits per heavy atom. The highest BCUT2D eigenvalue weighted by atomic mass is 79.9. The zero-order chi connectivity index (χ0) is 15.8. The van der Waals surface area contributed by atoms with Crippen LogP contribution in [-0.4, -0.2) is 23.3 Å². The van der Waals surface area contributed by atoms with Crippen LogP contribution in [0.4, 0.5) is 0 Å². The fraction of sp³-hybridized carbons (Fsp3) is 0.250. The quantitative estimate of drug-likeness (QED) is 0.767. The molecule has 0 spiro atoms. The van der Waals surface area contributed by atoms with Crippen LogP contribution >= 0.6 is 15.9 Å². The summed E-state index contributed by atoms with van der Waals surface area (Å²) < 4.78 is 10.8. The van der Waals surface area contributed by atoms with Crippen LogP contribution in [0.3, 0.4) is 0 Å². The maximum absolute atomic E-state index is 11.1. The monoisotopic (exact) mass is 364 g/mol. The first-order chi connectivity index (χ1) is 10.7. The van der Waals surface area contributed by atoms with Crippen molar-refractivity contribution >= 4 is 21.8 Å². The summed E-state index contributed by atoms with van der Waals surface area (Å²) in [6.07, 6.45) is 1.65. The van der Waals surface area contributed by atoms with Crippen LogP contribution in [-0.2, 0) is 17.9 Å². The molecule has 0 atom stereocenters. The molecule has 2 rings (SSSR count). The van der Waals surface area contributed by atoms with Gasteiger partial charge in [-0.15, -0.1) is 0 Å². The molecule has 0 bridgehead atoms. The summed E-state index contributed by atoms with van der Waals surface area (Å²) in [7, 11) is 1.64. The van der Waals surface area contributed by atoms with Gasteiger partial charge < -0.3 is 14.8 Å². The van der Waals surface area contributed by atoms with Crippen LogP contribution in [0.15, 0.2) is 42.6 Å². The van der Waals surface area contributed by atoms with Crippen LogP contribution < -0.4 is 14.8 Å². The number of alkyl halides is 1. The first-order valence-corrected chi connectivity index (χ1v) is 7.86. The third-order valence-corrected chi connectivity index (χ3v) is 3.46. The maximum atomic E-state index is 11.1. The molecule has 1 N–H and O–H groups in total. The first kappa shape index (κ1) is 16.3. The van der Waals surface area contributed by atoms with Gasteiger partial charge in [-0.05, 0) is 29.8 Å². The van der Waals surface area contributed by atoms with Gasteiger partial charge in [-0.3, -0.25) is 9.78 Å². The lowest BCUT2D eigenvalue weighted by molar-refractivity contribution is -0.118. The highest BCUT2D eigenvalue weighted by Crippen LogP contribution is 2.15. The van der Waals surface area contributed by atoms with E-state index in [-0.39, 0.29) is 11.2 Å². The third kappa shape index (κ3) is 5.04. The van der Waals surface area contributed by atoms with Crippen molar-refractivity contribution in [2.45, 2.75) is 13.2 Å². The largest absolute Gasteiger partial charge is 0.497 e. The maximum Gasteiger partial charge on any atom is 0.230 e. The molecule has 2 aromatic rings. The average Bonchev–Trinajstić information content (AvgIpc) is 2.59. The van der Waals surface area contributed by atoms with Crippen LogP contribution in [0.5, 0.6) is 11.5 Å². The van der Waals surface area contributed by atoms with E-state index in [0.29, 0.717) is 18.9 Å². The van der Waals surface area contributed by atoms with Gasteiger partial charge in [0.2, 0.25) is 5.91 Å². The number of benzene rings is 1. The predicted octanol–water partition coefficient (Wildman–Crippen LogP) is 2.68. The molecule has 6 heteroatoms. The van der Waals surface area contributed by atoms with Gasteiger partial charge in [-0.25, -0.2) is 0 Å². The van der Waals surface area contributed by atoms with E-state index in [1.165, 1.54) is 0 Å². The molecule has 0 saturated heterocycles. The molecular formula is C16H17BrN2O3. The Bertz CT molecular complexity index is 600. The molecule has 22 heavy (non-hydrogen) atoms. The molecule has 5 nitrogen and oxygen atoms in total. The van der Waals surface area contributed by atoms with Crippen molar-refractivity contribution in [1.29, 1.82) is 0 Å². The Morgan fingerprint density at radius 3 is 2.50 bits per heavy atom. The van der Waals surface area contributed by atoms with E-state index in [0.717, 1.165) is 17.0 Å². The summed E-state index contributed by atoms with van der Waals surface area (Å²) in [4.78, 5) is 15.4. The van der Waals surface area contributed by atoms with Crippen molar-refractivity contribution in [1.82, 2.24) is 10.3 Å². The van der Waals surface area contributed by atoms with Crippen molar-refractivity contribution < 1.29 is 14.3 Å². The highest BCUT2D eigenvalue weighted by Gasteiger charge is 2.01. The van der Waals surface area contributed by atoms with Gasteiger partial charge in [-0.1, -0.05) is 28.1 Å². The molecule has 0 radical (unpaired) electrons. The number of pyridine rings is 1. The molecule has 116 valence electrons. The zero-order valence-corrected chi connectivity index (χ0v) is 13.8. The molecular weight excluding hydrogens is 348 g/mol. The summed E-state index contributed by atoms with van der Waals surface area (Å²) in [5.41, 5.74) is 1.83. The fourth-order valence-corrected chi connectivity index (χ4v) is 1.92. The standard InChI is InChI=1S/C16H17BrN2O3/c1-21-14-5-2-12(3-6-14)11-22-15-7-4-13(18-10-15)9-19-16(20)8-17/h2-7,10H,8-9,11H2,1H3,(H,19,20). The minimum atomic E-state index is -0.0679. The predicted molar refractivity (Wildman–Crippen MR) is 87.2 cm³/mol. The van der Waals surface area contributed by atoms with Crippen molar-refractivity contribution in [3.63, 3.8) is 0 Å². The van der Waals surface area contributed by atoms with E-state index < -0.39 is 0 Å². The Balaban J connectivity index is 1.84. The summed E-state index contributed by atoms with van der Waals surface area (Å²) in [6.45, 7) is 0.870. The third-order valence-electron chi connectivity index (χ3n) is 2.95. The number of hydrogen-bond acceptors (Lipinski definition) is 4. The molecule has 1 heterocycles. The number of amides is 1. The van der Waals surface area contributed by atoms with E-state index in [1.54, 1.807) is 13.3 Å². The second-order valence-electron chi connectivity index (χ2n) is 4.53. The zero-order valence-electron chi connectivity index (χ0n) is 12.2. The number of hydrogen-bond donors (Lipinski definition) is 1. The van der Waals surface area contributed by atoms with Crippen molar-refractivity contribution in [3.8, 4) is 11.5 Å². The normalized spacial score (nSPS) is 10.1. The lowest BCUT2D eigenvalue weighted by Crippen LogP contribution is -2.23. The van der Waals surface area contributed by atoms with Gasteiger partial charge in [-0.2, -0.15) is 0 Å². The van der Waals surface area contributed by atoms with E-state index >= 15 is 0 Å². The smallest absolute Gasteiger partial charge is 0.230 e. The second-order valence-corrected chi connectivity index (χ2v) is 5.09. The molecule has 1 aromatic heterocycles. The number of ether oxygens (including phenoxy) is 2. The van der Waals surface area contributed by atoms with Gasteiger partial charge in [0.05, 0.1) is 30.9 Å².